The molecular formula is C25H28N6O3. The van der Waals surface area contributed by atoms with E-state index in [2.05, 4.69) is 25.3 Å². The van der Waals surface area contributed by atoms with Crippen LogP contribution in [0.4, 0.5) is 0 Å². The van der Waals surface area contributed by atoms with Gasteiger partial charge >= 0.3 is 6.01 Å². The number of H-pyrrole nitrogens is 1. The molecule has 2 aromatic carbocycles. The van der Waals surface area contributed by atoms with Crippen LogP contribution < -0.4 is 0 Å². The molecule has 1 aliphatic heterocycles. The molecular weight excluding hydrogens is 432 g/mol. The van der Waals surface area contributed by atoms with Crippen LogP contribution in [0.1, 0.15) is 42.9 Å². The van der Waals surface area contributed by atoms with E-state index in [1.165, 1.54) is 18.4 Å². The summed E-state index contributed by atoms with van der Waals surface area (Å²) < 4.78 is 6.99. The van der Waals surface area contributed by atoms with Gasteiger partial charge in [0.2, 0.25) is 0 Å². The number of ether oxygens (including phenoxy) is 1. The highest BCUT2D eigenvalue weighted by Gasteiger charge is 2.24. The van der Waals surface area contributed by atoms with E-state index in [1.54, 1.807) is 10.6 Å². The zero-order chi connectivity index (χ0) is 23.1. The van der Waals surface area contributed by atoms with Gasteiger partial charge in [-0.1, -0.05) is 30.1 Å². The maximum atomic E-state index is 10.8. The first-order chi connectivity index (χ1) is 16.7. The van der Waals surface area contributed by atoms with Gasteiger partial charge in [-0.05, 0) is 36.6 Å². The second-order valence-electron chi connectivity index (χ2n) is 9.22. The number of morpholine rings is 1. The third-order valence-electron chi connectivity index (χ3n) is 7.04. The molecule has 34 heavy (non-hydrogen) atoms. The summed E-state index contributed by atoms with van der Waals surface area (Å²) in [5, 5.41) is 38.1. The van der Waals surface area contributed by atoms with Crippen molar-refractivity contribution < 1.29 is 14.9 Å². The van der Waals surface area contributed by atoms with E-state index >= 15 is 0 Å². The fourth-order valence-corrected chi connectivity index (χ4v) is 5.22. The van der Waals surface area contributed by atoms with E-state index in [1.807, 2.05) is 30.3 Å². The first kappa shape index (κ1) is 21.1. The van der Waals surface area contributed by atoms with Crippen molar-refractivity contribution in [2.75, 3.05) is 26.3 Å². The van der Waals surface area contributed by atoms with Crippen LogP contribution in [0.25, 0.3) is 28.0 Å². The molecule has 2 aliphatic rings. The molecule has 0 atom stereocenters. The van der Waals surface area contributed by atoms with E-state index in [4.69, 9.17) is 4.74 Å². The van der Waals surface area contributed by atoms with E-state index in [0.29, 0.717) is 17.3 Å². The quantitative estimate of drug-likeness (QED) is 0.416. The minimum Gasteiger partial charge on any atom is -0.507 e. The van der Waals surface area contributed by atoms with Crippen molar-refractivity contribution in [1.29, 1.82) is 0 Å². The molecule has 3 N–H and O–H groups in total. The van der Waals surface area contributed by atoms with Crippen molar-refractivity contribution in [2.24, 2.45) is 0 Å². The van der Waals surface area contributed by atoms with Gasteiger partial charge in [-0.15, -0.1) is 5.10 Å². The number of benzene rings is 2. The molecule has 0 amide bonds. The smallest absolute Gasteiger partial charge is 0.319 e. The number of rotatable bonds is 5. The van der Waals surface area contributed by atoms with Crippen LogP contribution >= 0.6 is 0 Å². The summed E-state index contributed by atoms with van der Waals surface area (Å²) >= 11 is 0. The second kappa shape index (κ2) is 8.73. The SMILES string of the molecule is Oc1cc2[nH]nc(C3CCCC3)c2cc1-c1nnc(O)n1-c1ccc(CN2CCOCC2)cc1. The molecule has 9 nitrogen and oxygen atoms in total. The summed E-state index contributed by atoms with van der Waals surface area (Å²) in [4.78, 5) is 2.36. The molecule has 6 rings (SSSR count). The number of hydrogen-bond donors (Lipinski definition) is 3. The molecule has 2 fully saturated rings. The molecule has 1 saturated heterocycles. The van der Waals surface area contributed by atoms with Gasteiger partial charge < -0.3 is 14.9 Å². The first-order valence-corrected chi connectivity index (χ1v) is 11.9. The Morgan fingerprint density at radius 3 is 2.53 bits per heavy atom. The van der Waals surface area contributed by atoms with Gasteiger partial charge in [0.15, 0.2) is 5.82 Å². The number of aromatic nitrogens is 5. The largest absolute Gasteiger partial charge is 0.507 e. The van der Waals surface area contributed by atoms with Crippen LogP contribution in [0, 0.1) is 0 Å². The van der Waals surface area contributed by atoms with Crippen molar-refractivity contribution in [3.05, 3.63) is 47.7 Å². The molecule has 0 bridgehead atoms. The molecule has 9 heteroatoms. The van der Waals surface area contributed by atoms with Crippen LogP contribution in [-0.4, -0.2) is 66.4 Å². The summed E-state index contributed by atoms with van der Waals surface area (Å²) in [6, 6.07) is 11.3. The lowest BCUT2D eigenvalue weighted by molar-refractivity contribution is 0.0342. The van der Waals surface area contributed by atoms with E-state index < -0.39 is 0 Å². The van der Waals surface area contributed by atoms with Crippen LogP contribution in [0.3, 0.4) is 0 Å². The van der Waals surface area contributed by atoms with Crippen LogP contribution in [-0.2, 0) is 11.3 Å². The lowest BCUT2D eigenvalue weighted by Crippen LogP contribution is -2.35. The normalized spacial score (nSPS) is 17.6. The van der Waals surface area contributed by atoms with E-state index in [0.717, 1.165) is 68.0 Å². The Hall–Kier alpha value is -3.43. The van der Waals surface area contributed by atoms with Crippen LogP contribution in [0.5, 0.6) is 11.8 Å². The van der Waals surface area contributed by atoms with Gasteiger partial charge in [0.25, 0.3) is 0 Å². The van der Waals surface area contributed by atoms with Crippen molar-refractivity contribution in [2.45, 2.75) is 38.1 Å². The van der Waals surface area contributed by atoms with Gasteiger partial charge in [-0.25, -0.2) is 4.57 Å². The number of nitrogens with zero attached hydrogens (tertiary/aromatic N) is 5. The molecule has 3 heterocycles. The monoisotopic (exact) mass is 460 g/mol. The molecule has 0 radical (unpaired) electrons. The molecule has 176 valence electrons. The Morgan fingerprint density at radius 1 is 1.00 bits per heavy atom. The fraction of sp³-hybridized carbons (Fsp3) is 0.400. The average molecular weight is 461 g/mol. The van der Waals surface area contributed by atoms with Crippen LogP contribution in [0.15, 0.2) is 36.4 Å². The fourth-order valence-electron chi connectivity index (χ4n) is 5.22. The predicted octanol–water partition coefficient (Wildman–Crippen LogP) is 3.71. The minimum atomic E-state index is -0.223. The number of phenols is 1. The Balaban J connectivity index is 1.35. The molecule has 2 aromatic heterocycles. The van der Waals surface area contributed by atoms with Crippen molar-refractivity contribution in [3.8, 4) is 28.8 Å². The molecule has 4 aromatic rings. The summed E-state index contributed by atoms with van der Waals surface area (Å²) in [7, 11) is 0. The highest BCUT2D eigenvalue weighted by molar-refractivity contribution is 5.89. The molecule has 0 unspecified atom stereocenters. The summed E-state index contributed by atoms with van der Waals surface area (Å²) in [6.07, 6.45) is 4.69. The van der Waals surface area contributed by atoms with Crippen molar-refractivity contribution in [1.82, 2.24) is 29.9 Å². The number of nitrogens with one attached hydrogen (secondary N) is 1. The van der Waals surface area contributed by atoms with Gasteiger partial charge in [0.1, 0.15) is 5.75 Å². The van der Waals surface area contributed by atoms with Crippen molar-refractivity contribution in [3.63, 3.8) is 0 Å². The number of aromatic amines is 1. The maximum absolute atomic E-state index is 10.8. The Labute approximate surface area is 197 Å². The third kappa shape index (κ3) is 3.80. The number of aromatic hydroxyl groups is 2. The minimum absolute atomic E-state index is 0.0618. The van der Waals surface area contributed by atoms with Crippen LogP contribution in [0.2, 0.25) is 0 Å². The van der Waals surface area contributed by atoms with Gasteiger partial charge in [-0.3, -0.25) is 10.00 Å². The first-order valence-electron chi connectivity index (χ1n) is 11.9. The zero-order valence-electron chi connectivity index (χ0n) is 18.9. The topological polar surface area (TPSA) is 112 Å². The van der Waals surface area contributed by atoms with Gasteiger partial charge in [0, 0.05) is 37.0 Å². The summed E-state index contributed by atoms with van der Waals surface area (Å²) in [5.41, 5.74) is 4.26. The van der Waals surface area contributed by atoms with E-state index in [9.17, 15) is 10.2 Å². The molecule has 1 aliphatic carbocycles. The van der Waals surface area contributed by atoms with E-state index in [-0.39, 0.29) is 11.8 Å². The standard InChI is InChI=1S/C25H28N6O3/c32-22-14-21-19(23(27-26-21)17-3-1-2-4-17)13-20(22)24-28-29-25(33)31(24)18-7-5-16(6-8-18)15-30-9-11-34-12-10-30/h5-8,13-14,17,32H,1-4,9-12,15H2,(H,26,27)(H,29,33). The second-order valence-corrected chi connectivity index (χ2v) is 9.22. The van der Waals surface area contributed by atoms with Gasteiger partial charge in [0.05, 0.1) is 35.7 Å². The number of phenolic OH excluding ortho intramolecular Hbond substituents is 1. The Kier molecular flexibility index (Phi) is 5.43. The summed E-state index contributed by atoms with van der Waals surface area (Å²) in [5.74, 6) is 0.875. The maximum Gasteiger partial charge on any atom is 0.319 e. The Bertz CT molecular complexity index is 1300. The Morgan fingerprint density at radius 2 is 1.76 bits per heavy atom. The number of fused-ring (bicyclic) bond motifs is 1. The zero-order valence-corrected chi connectivity index (χ0v) is 18.9. The average Bonchev–Trinajstić information content (AvgIpc) is 3.60. The summed E-state index contributed by atoms with van der Waals surface area (Å²) in [6.45, 7) is 4.24. The lowest BCUT2D eigenvalue weighted by Gasteiger charge is -2.26. The third-order valence-corrected chi connectivity index (χ3v) is 7.04. The number of hydrogen-bond acceptors (Lipinski definition) is 7. The highest BCUT2D eigenvalue weighted by atomic mass is 16.5. The lowest BCUT2D eigenvalue weighted by atomic mass is 9.99. The molecule has 0 spiro atoms. The molecule has 1 saturated carbocycles. The van der Waals surface area contributed by atoms with Crippen molar-refractivity contribution >= 4 is 10.9 Å². The highest BCUT2D eigenvalue weighted by Crippen LogP contribution is 2.40. The van der Waals surface area contributed by atoms with Gasteiger partial charge in [-0.2, -0.15) is 5.10 Å². The predicted molar refractivity (Wildman–Crippen MR) is 127 cm³/mol.